The largest absolute Gasteiger partial charge is 0.497 e. The van der Waals surface area contributed by atoms with Crippen molar-refractivity contribution in [2.24, 2.45) is 5.92 Å². The summed E-state index contributed by atoms with van der Waals surface area (Å²) in [5.74, 6) is 0.885. The molecule has 7 heteroatoms. The first-order chi connectivity index (χ1) is 16.8. The molecule has 1 aromatic heterocycles. The Morgan fingerprint density at radius 1 is 0.943 bits per heavy atom. The fraction of sp³-hybridized carbons (Fsp3) is 0.357. The highest BCUT2D eigenvalue weighted by Gasteiger charge is 2.26. The lowest BCUT2D eigenvalue weighted by Gasteiger charge is -2.29. The Labute approximate surface area is 212 Å². The molecule has 0 aliphatic rings. The van der Waals surface area contributed by atoms with Gasteiger partial charge in [0.1, 0.15) is 18.0 Å². The summed E-state index contributed by atoms with van der Waals surface area (Å²) in [5, 5.41) is 2.04. The van der Waals surface area contributed by atoms with Crippen LogP contribution >= 0.6 is 11.3 Å². The average molecular weight is 495 g/mol. The number of ether oxygens (including phenoxy) is 2. The van der Waals surface area contributed by atoms with Crippen molar-refractivity contribution in [3.8, 4) is 11.5 Å². The molecule has 1 heterocycles. The summed E-state index contributed by atoms with van der Waals surface area (Å²) in [7, 11) is 3.09. The molecule has 0 radical (unpaired) electrons. The third-order valence-corrected chi connectivity index (χ3v) is 6.72. The van der Waals surface area contributed by atoms with Crippen LogP contribution in [0.3, 0.4) is 0 Å². The number of amides is 2. The Bertz CT molecular complexity index is 1130. The minimum absolute atomic E-state index is 0.0105. The Kier molecular flexibility index (Phi) is 9.32. The summed E-state index contributed by atoms with van der Waals surface area (Å²) in [5.41, 5.74) is 2.62. The molecule has 2 amide bonds. The number of hydrogen-bond donors (Lipinski definition) is 0. The van der Waals surface area contributed by atoms with Gasteiger partial charge in [0.05, 0.1) is 26.3 Å². The second-order valence-corrected chi connectivity index (χ2v) is 9.91. The number of carbonyl (C=O) groups excluding carboxylic acids is 2. The quantitative estimate of drug-likeness (QED) is 0.358. The number of methoxy groups -OCH3 is 2. The zero-order valence-electron chi connectivity index (χ0n) is 21.1. The van der Waals surface area contributed by atoms with Crippen LogP contribution in [0.4, 0.5) is 0 Å². The van der Waals surface area contributed by atoms with Crippen molar-refractivity contribution in [2.75, 3.05) is 27.3 Å². The maximum absolute atomic E-state index is 13.7. The molecule has 0 bridgehead atoms. The second-order valence-electron chi connectivity index (χ2n) is 8.91. The SMILES string of the molecule is COc1ccc(C(=O)N(CC(=O)N(Cc2ccccc2)Cc2sccc2C)CC(C)C)c(OC)c1. The lowest BCUT2D eigenvalue weighted by Crippen LogP contribution is -2.44. The lowest BCUT2D eigenvalue weighted by molar-refractivity contribution is -0.133. The molecule has 6 nitrogen and oxygen atoms in total. The number of benzene rings is 2. The number of hydrogen-bond acceptors (Lipinski definition) is 5. The van der Waals surface area contributed by atoms with Gasteiger partial charge in [-0.1, -0.05) is 44.2 Å². The van der Waals surface area contributed by atoms with Crippen LogP contribution in [0.5, 0.6) is 11.5 Å². The molecule has 0 aliphatic carbocycles. The Morgan fingerprint density at radius 2 is 1.69 bits per heavy atom. The van der Waals surface area contributed by atoms with E-state index < -0.39 is 0 Å². The molecule has 0 fully saturated rings. The van der Waals surface area contributed by atoms with Gasteiger partial charge in [0.25, 0.3) is 5.91 Å². The summed E-state index contributed by atoms with van der Waals surface area (Å²) in [6, 6.07) is 17.1. The Hall–Kier alpha value is -3.32. The van der Waals surface area contributed by atoms with Crippen LogP contribution in [-0.2, 0) is 17.9 Å². The minimum Gasteiger partial charge on any atom is -0.497 e. The molecule has 186 valence electrons. The predicted octanol–water partition coefficient (Wildman–Crippen LogP) is 5.40. The smallest absolute Gasteiger partial charge is 0.258 e. The molecule has 35 heavy (non-hydrogen) atoms. The highest BCUT2D eigenvalue weighted by Crippen LogP contribution is 2.26. The van der Waals surface area contributed by atoms with Crippen LogP contribution in [0.25, 0.3) is 0 Å². The van der Waals surface area contributed by atoms with Crippen LogP contribution < -0.4 is 9.47 Å². The number of carbonyl (C=O) groups is 2. The number of thiophene rings is 1. The maximum Gasteiger partial charge on any atom is 0.258 e. The molecule has 3 rings (SSSR count). The summed E-state index contributed by atoms with van der Waals surface area (Å²) >= 11 is 1.64. The van der Waals surface area contributed by atoms with E-state index in [0.717, 1.165) is 10.4 Å². The van der Waals surface area contributed by atoms with Crippen molar-refractivity contribution in [2.45, 2.75) is 33.9 Å². The molecule has 0 unspecified atom stereocenters. The maximum atomic E-state index is 13.7. The van der Waals surface area contributed by atoms with E-state index in [0.29, 0.717) is 36.7 Å². The molecular weight excluding hydrogens is 460 g/mol. The predicted molar refractivity (Wildman–Crippen MR) is 140 cm³/mol. The monoisotopic (exact) mass is 494 g/mol. The van der Waals surface area contributed by atoms with E-state index in [1.807, 2.05) is 54.5 Å². The van der Waals surface area contributed by atoms with Crippen LogP contribution in [0.1, 0.15) is 40.2 Å². The van der Waals surface area contributed by atoms with Gasteiger partial charge in [-0.2, -0.15) is 0 Å². The highest BCUT2D eigenvalue weighted by atomic mass is 32.1. The van der Waals surface area contributed by atoms with Gasteiger partial charge in [-0.3, -0.25) is 9.59 Å². The van der Waals surface area contributed by atoms with Crippen LogP contribution in [-0.4, -0.2) is 48.9 Å². The first-order valence-electron chi connectivity index (χ1n) is 11.7. The number of nitrogens with zero attached hydrogens (tertiary/aromatic N) is 2. The number of aryl methyl sites for hydroxylation is 1. The fourth-order valence-corrected chi connectivity index (χ4v) is 4.77. The normalized spacial score (nSPS) is 10.8. The van der Waals surface area contributed by atoms with Gasteiger partial charge >= 0.3 is 0 Å². The second kappa shape index (κ2) is 12.4. The van der Waals surface area contributed by atoms with E-state index in [-0.39, 0.29) is 24.3 Å². The van der Waals surface area contributed by atoms with Crippen molar-refractivity contribution >= 4 is 23.2 Å². The topological polar surface area (TPSA) is 59.1 Å². The zero-order valence-corrected chi connectivity index (χ0v) is 21.9. The molecule has 0 atom stereocenters. The van der Waals surface area contributed by atoms with Crippen LogP contribution in [0, 0.1) is 12.8 Å². The Balaban J connectivity index is 1.87. The molecule has 0 saturated carbocycles. The average Bonchev–Trinajstić information content (AvgIpc) is 3.26. The molecule has 2 aromatic carbocycles. The van der Waals surface area contributed by atoms with E-state index in [2.05, 4.69) is 13.0 Å². The van der Waals surface area contributed by atoms with Gasteiger partial charge in [0.15, 0.2) is 0 Å². The zero-order chi connectivity index (χ0) is 25.4. The van der Waals surface area contributed by atoms with Crippen molar-refractivity contribution < 1.29 is 19.1 Å². The lowest BCUT2D eigenvalue weighted by atomic mass is 10.1. The van der Waals surface area contributed by atoms with Crippen molar-refractivity contribution in [3.05, 3.63) is 81.5 Å². The third kappa shape index (κ3) is 7.09. The van der Waals surface area contributed by atoms with Crippen molar-refractivity contribution in [1.29, 1.82) is 0 Å². The fourth-order valence-electron chi connectivity index (χ4n) is 3.84. The van der Waals surface area contributed by atoms with Gasteiger partial charge in [-0.05, 0) is 47.5 Å². The molecule has 0 saturated heterocycles. The third-order valence-electron chi connectivity index (χ3n) is 5.71. The van der Waals surface area contributed by atoms with Crippen molar-refractivity contribution in [3.63, 3.8) is 0 Å². The van der Waals surface area contributed by atoms with Crippen LogP contribution in [0.2, 0.25) is 0 Å². The minimum atomic E-state index is -0.237. The highest BCUT2D eigenvalue weighted by molar-refractivity contribution is 7.10. The molecule has 0 aliphatic heterocycles. The molecule has 0 spiro atoms. The van der Waals surface area contributed by atoms with E-state index in [1.165, 1.54) is 12.7 Å². The first-order valence-corrected chi connectivity index (χ1v) is 12.6. The summed E-state index contributed by atoms with van der Waals surface area (Å²) in [6.07, 6.45) is 0. The Morgan fingerprint density at radius 3 is 2.29 bits per heavy atom. The standard InChI is InChI=1S/C28H34N2O4S/c1-20(2)16-30(28(32)24-12-11-23(33-4)15-25(24)34-5)19-27(31)29(17-22-9-7-6-8-10-22)18-26-21(3)13-14-35-26/h6-15,20H,16-19H2,1-5H3. The first kappa shape index (κ1) is 26.3. The van der Waals surface area contributed by atoms with E-state index in [1.54, 1.807) is 41.5 Å². The summed E-state index contributed by atoms with van der Waals surface area (Å²) < 4.78 is 10.7. The van der Waals surface area contributed by atoms with E-state index in [9.17, 15) is 9.59 Å². The molecule has 3 aromatic rings. The van der Waals surface area contributed by atoms with Gasteiger partial charge < -0.3 is 19.3 Å². The number of rotatable bonds is 11. The van der Waals surface area contributed by atoms with E-state index >= 15 is 0 Å². The van der Waals surface area contributed by atoms with Crippen molar-refractivity contribution in [1.82, 2.24) is 9.80 Å². The summed E-state index contributed by atoms with van der Waals surface area (Å²) in [6.45, 7) is 7.56. The van der Waals surface area contributed by atoms with Gasteiger partial charge in [-0.25, -0.2) is 0 Å². The summed E-state index contributed by atoms with van der Waals surface area (Å²) in [4.78, 5) is 31.8. The van der Waals surface area contributed by atoms with Gasteiger partial charge in [0.2, 0.25) is 5.91 Å². The molecular formula is C28H34N2O4S. The van der Waals surface area contributed by atoms with Gasteiger partial charge in [-0.15, -0.1) is 11.3 Å². The molecule has 0 N–H and O–H groups in total. The van der Waals surface area contributed by atoms with E-state index in [4.69, 9.17) is 9.47 Å². The van der Waals surface area contributed by atoms with Gasteiger partial charge in [0, 0.05) is 24.0 Å². The van der Waals surface area contributed by atoms with Crippen LogP contribution in [0.15, 0.2) is 60.0 Å².